The number of likely N-dealkylation sites (N-methyl/N-ethyl adjacent to an activating group) is 1. The number of ether oxygens (including phenoxy) is 1. The van der Waals surface area contributed by atoms with Crippen LogP contribution in [0.15, 0.2) is 42.6 Å². The molecule has 4 N–H and O–H groups in total. The number of anilines is 1. The molecule has 1 saturated carbocycles. The maximum absolute atomic E-state index is 16.5. The molecule has 12 nitrogen and oxygen atoms in total. The number of hydrogen-bond donors (Lipinski definition) is 4. The van der Waals surface area contributed by atoms with Gasteiger partial charge in [0.15, 0.2) is 5.82 Å². The summed E-state index contributed by atoms with van der Waals surface area (Å²) in [5.74, 6) is -5.65. The summed E-state index contributed by atoms with van der Waals surface area (Å²) < 4.78 is 101. The molecule has 0 bridgehead atoms. The van der Waals surface area contributed by atoms with E-state index in [1.807, 2.05) is 24.3 Å². The Balaban J connectivity index is 0.000000367. The summed E-state index contributed by atoms with van der Waals surface area (Å²) in [5, 5.41) is 30.1. The number of halogens is 8. The second kappa shape index (κ2) is 16.2. The van der Waals surface area contributed by atoms with Gasteiger partial charge in [-0.3, -0.25) is 9.88 Å². The van der Waals surface area contributed by atoms with Crippen LogP contribution < -0.4 is 10.1 Å². The molecule has 56 heavy (non-hydrogen) atoms. The maximum atomic E-state index is 16.5. The van der Waals surface area contributed by atoms with Crippen molar-refractivity contribution in [1.82, 2.24) is 24.8 Å². The van der Waals surface area contributed by atoms with Crippen LogP contribution in [0.25, 0.3) is 32.9 Å². The molecule has 20 heteroatoms. The highest BCUT2D eigenvalue weighted by molar-refractivity contribution is 5.99. The number of phenols is 1. The van der Waals surface area contributed by atoms with E-state index in [0.29, 0.717) is 36.3 Å². The molecule has 2 atom stereocenters. The number of carbonyl (C=O) groups is 2. The average Bonchev–Trinajstić information content (AvgIpc) is 3.62. The first-order valence-corrected chi connectivity index (χ1v) is 17.3. The fourth-order valence-electron chi connectivity index (χ4n) is 7.18. The van der Waals surface area contributed by atoms with Crippen LogP contribution in [-0.4, -0.2) is 122 Å². The Labute approximate surface area is 314 Å². The van der Waals surface area contributed by atoms with E-state index < -0.39 is 36.3 Å². The van der Waals surface area contributed by atoms with Crippen LogP contribution in [0.3, 0.4) is 0 Å². The minimum atomic E-state index is -5.08. The number of nitrogens with one attached hydrogen (secondary N) is 1. The third-order valence-electron chi connectivity index (χ3n) is 10.3. The van der Waals surface area contributed by atoms with Gasteiger partial charge >= 0.3 is 30.3 Å². The quantitative estimate of drug-likeness (QED) is 0.138. The molecule has 4 heterocycles. The lowest BCUT2D eigenvalue weighted by atomic mass is 9.75. The normalized spacial score (nSPS) is 20.4. The molecule has 2 aromatic carbocycles. The molecule has 4 aromatic rings. The lowest BCUT2D eigenvalue weighted by Crippen LogP contribution is -2.54. The summed E-state index contributed by atoms with van der Waals surface area (Å²) >= 11 is 0. The molecular weight excluding hydrogens is 764 g/mol. The maximum Gasteiger partial charge on any atom is 0.490 e. The first kappa shape index (κ1) is 42.0. The molecule has 3 aliphatic rings. The summed E-state index contributed by atoms with van der Waals surface area (Å²) in [4.78, 5) is 36.0. The number of pyridine rings is 1. The molecule has 0 radical (unpaired) electrons. The van der Waals surface area contributed by atoms with E-state index in [9.17, 15) is 35.8 Å². The van der Waals surface area contributed by atoms with Crippen LogP contribution in [0.5, 0.6) is 11.8 Å². The molecule has 2 aromatic heterocycles. The number of aliphatic carboxylic acids is 2. The molecule has 2 saturated heterocycles. The van der Waals surface area contributed by atoms with Crippen molar-refractivity contribution in [3.05, 3.63) is 48.4 Å². The van der Waals surface area contributed by atoms with Crippen molar-refractivity contribution >= 4 is 39.4 Å². The molecule has 304 valence electrons. The Hall–Kier alpha value is -5.11. The number of hydrogen-bond acceptors (Lipinski definition) is 10. The predicted octanol–water partition coefficient (Wildman–Crippen LogP) is 6.81. The summed E-state index contributed by atoms with van der Waals surface area (Å²) in [5.41, 5.74) is 0.262. The van der Waals surface area contributed by atoms with Crippen LogP contribution >= 0.6 is 0 Å². The Morgan fingerprint density at radius 2 is 1.62 bits per heavy atom. The summed E-state index contributed by atoms with van der Waals surface area (Å²) in [7, 11) is 4.15. The fourth-order valence-corrected chi connectivity index (χ4v) is 7.18. The van der Waals surface area contributed by atoms with E-state index in [1.165, 1.54) is 6.07 Å². The van der Waals surface area contributed by atoms with Crippen LogP contribution in [0.4, 0.5) is 40.9 Å². The number of nitrogens with zero attached hydrogens (tertiary/aromatic N) is 5. The lowest BCUT2D eigenvalue weighted by Gasteiger charge is -2.47. The highest BCUT2D eigenvalue weighted by Gasteiger charge is 2.49. The van der Waals surface area contributed by atoms with Gasteiger partial charge in [-0.2, -0.15) is 36.3 Å². The number of carboxylic acids is 2. The van der Waals surface area contributed by atoms with Gasteiger partial charge in [0.1, 0.15) is 35.6 Å². The van der Waals surface area contributed by atoms with Gasteiger partial charge in [-0.15, -0.1) is 0 Å². The van der Waals surface area contributed by atoms with Crippen LogP contribution in [-0.2, 0) is 9.59 Å². The number of carboxylic acid groups (broad SMARTS) is 2. The second-order valence-corrected chi connectivity index (χ2v) is 14.0. The summed E-state index contributed by atoms with van der Waals surface area (Å²) in [6.07, 6.45) is -3.91. The van der Waals surface area contributed by atoms with E-state index in [4.69, 9.17) is 29.5 Å². The highest BCUT2D eigenvalue weighted by Crippen LogP contribution is 2.42. The minimum absolute atomic E-state index is 0.00597. The van der Waals surface area contributed by atoms with Crippen molar-refractivity contribution in [3.63, 3.8) is 0 Å². The van der Waals surface area contributed by atoms with Gasteiger partial charge in [0, 0.05) is 36.8 Å². The van der Waals surface area contributed by atoms with Crippen molar-refractivity contribution in [1.29, 1.82) is 0 Å². The second-order valence-electron chi connectivity index (χ2n) is 14.0. The SMILES string of the molecule is CN(C)C1(CNc2nc(OC[C@@]34CCCN3C[C@H](F)C4)nc3c(F)c(-c4cc(O)cc5ccccc45)ncc23)CCC1.O=C(O)C(F)(F)F.O=C(O)C(F)(F)F. The van der Waals surface area contributed by atoms with Crippen molar-refractivity contribution in [2.45, 2.75) is 68.1 Å². The molecule has 0 unspecified atom stereocenters. The third-order valence-corrected chi connectivity index (χ3v) is 10.3. The highest BCUT2D eigenvalue weighted by atomic mass is 19.4. The number of alkyl halides is 7. The van der Waals surface area contributed by atoms with E-state index in [0.717, 1.165) is 49.4 Å². The van der Waals surface area contributed by atoms with Gasteiger partial charge < -0.3 is 30.3 Å². The number of phenolic OH excluding ortho intramolecular Hbond substituents is 1. The minimum Gasteiger partial charge on any atom is -0.508 e. The van der Waals surface area contributed by atoms with E-state index in [-0.39, 0.29) is 40.7 Å². The number of rotatable bonds is 8. The van der Waals surface area contributed by atoms with Gasteiger partial charge in [-0.05, 0) is 75.6 Å². The summed E-state index contributed by atoms with van der Waals surface area (Å²) in [6.45, 7) is 2.15. The summed E-state index contributed by atoms with van der Waals surface area (Å²) in [6, 6.07) is 10.7. The van der Waals surface area contributed by atoms with E-state index in [1.54, 1.807) is 12.3 Å². The van der Waals surface area contributed by atoms with E-state index in [2.05, 4.69) is 39.2 Å². The zero-order valence-corrected chi connectivity index (χ0v) is 30.0. The zero-order chi connectivity index (χ0) is 41.2. The molecule has 2 aliphatic heterocycles. The lowest BCUT2D eigenvalue weighted by molar-refractivity contribution is -0.193. The van der Waals surface area contributed by atoms with Gasteiger partial charge in [0.2, 0.25) is 0 Å². The Bertz CT molecular complexity index is 2060. The van der Waals surface area contributed by atoms with E-state index >= 15 is 4.39 Å². The van der Waals surface area contributed by atoms with Gasteiger partial charge in [0.25, 0.3) is 0 Å². The van der Waals surface area contributed by atoms with Gasteiger partial charge in [-0.25, -0.2) is 18.4 Å². The first-order valence-electron chi connectivity index (χ1n) is 17.3. The molecule has 7 rings (SSSR count). The first-order chi connectivity index (χ1) is 26.2. The van der Waals surface area contributed by atoms with Crippen LogP contribution in [0.2, 0.25) is 0 Å². The number of benzene rings is 2. The van der Waals surface area contributed by atoms with Crippen molar-refractivity contribution in [3.8, 4) is 23.0 Å². The monoisotopic (exact) mass is 802 g/mol. The molecule has 1 aliphatic carbocycles. The largest absolute Gasteiger partial charge is 0.508 e. The fraction of sp³-hybridized carbons (Fsp3) is 0.472. The molecule has 0 spiro atoms. The Kier molecular flexibility index (Phi) is 12.1. The molecule has 0 amide bonds. The molecular formula is C36H38F8N6O6. The van der Waals surface area contributed by atoms with Gasteiger partial charge in [-0.1, -0.05) is 24.3 Å². The topological polar surface area (TPSA) is 161 Å². The molecule has 3 fully saturated rings. The number of aromatic hydroxyl groups is 1. The number of fused-ring (bicyclic) bond motifs is 3. The standard InChI is InChI=1S/C32H36F2N6O2.2C2HF3O2/c1-39(2)31(9-5-10-31)18-36-29-25-16-35-27(24-14-22(41)13-20-7-3-4-8-23(20)24)26(34)28(25)37-30(38-29)42-19-32-11-6-12-40(32)17-21(33)15-32;2*3-2(4,5)1(6)7/h3-4,7-8,13-14,16,21,41H,5-6,9-12,15,17-19H2,1-2H3,(H,36,37,38);2*(H,6,7)/t21-,32+;;/m1../s1. The van der Waals surface area contributed by atoms with Crippen LogP contribution in [0.1, 0.15) is 38.5 Å². The third kappa shape index (κ3) is 9.12. The van der Waals surface area contributed by atoms with Crippen molar-refractivity contribution in [2.75, 3.05) is 45.7 Å². The predicted molar refractivity (Wildman–Crippen MR) is 187 cm³/mol. The van der Waals surface area contributed by atoms with Gasteiger partial charge in [0.05, 0.1) is 10.9 Å². The van der Waals surface area contributed by atoms with Crippen LogP contribution in [0, 0.1) is 5.82 Å². The smallest absolute Gasteiger partial charge is 0.490 e. The Morgan fingerprint density at radius 3 is 2.21 bits per heavy atom. The number of aromatic nitrogens is 3. The van der Waals surface area contributed by atoms with Crippen molar-refractivity contribution < 1.29 is 64.8 Å². The van der Waals surface area contributed by atoms with Crippen molar-refractivity contribution in [2.24, 2.45) is 0 Å². The average molecular weight is 803 g/mol. The zero-order valence-electron chi connectivity index (χ0n) is 30.0. The Morgan fingerprint density at radius 1 is 0.982 bits per heavy atom.